The van der Waals surface area contributed by atoms with Crippen molar-refractivity contribution < 1.29 is 14.5 Å². The summed E-state index contributed by atoms with van der Waals surface area (Å²) in [5, 5.41) is 17.6. The first kappa shape index (κ1) is 21.2. The second kappa shape index (κ2) is 7.08. The summed E-state index contributed by atoms with van der Waals surface area (Å²) in [5.74, 6) is -1.29. The summed E-state index contributed by atoms with van der Waals surface area (Å²) in [6, 6.07) is 3.61. The van der Waals surface area contributed by atoms with Gasteiger partial charge in [0, 0.05) is 28.1 Å². The monoisotopic (exact) mass is 436 g/mol. The Bertz CT molecular complexity index is 1050. The van der Waals surface area contributed by atoms with E-state index in [2.05, 4.69) is 10.6 Å². The van der Waals surface area contributed by atoms with Crippen LogP contribution in [0.2, 0.25) is 5.02 Å². The van der Waals surface area contributed by atoms with Gasteiger partial charge in [-0.15, -0.1) is 11.3 Å². The molecule has 0 atom stereocenters. The predicted molar refractivity (Wildman–Crippen MR) is 113 cm³/mol. The first-order chi connectivity index (χ1) is 13.3. The van der Waals surface area contributed by atoms with Crippen molar-refractivity contribution in [3.8, 4) is 0 Å². The molecular formula is C19H21ClN4O4S. The van der Waals surface area contributed by atoms with E-state index in [0.717, 1.165) is 16.5 Å². The van der Waals surface area contributed by atoms with Gasteiger partial charge in [0.15, 0.2) is 0 Å². The number of halogens is 1. The minimum absolute atomic E-state index is 0.0552. The van der Waals surface area contributed by atoms with Crippen molar-refractivity contribution in [3.63, 3.8) is 0 Å². The molecule has 4 N–H and O–H groups in total. The second-order valence-electron chi connectivity index (χ2n) is 8.16. The maximum absolute atomic E-state index is 12.8. The van der Waals surface area contributed by atoms with Crippen LogP contribution in [0.5, 0.6) is 0 Å². The van der Waals surface area contributed by atoms with Crippen molar-refractivity contribution in [1.29, 1.82) is 0 Å². The van der Waals surface area contributed by atoms with Gasteiger partial charge in [0.05, 0.1) is 21.1 Å². The number of anilines is 1. The number of non-ortho nitro benzene ring substituents is 1. The van der Waals surface area contributed by atoms with Gasteiger partial charge in [0.2, 0.25) is 0 Å². The van der Waals surface area contributed by atoms with Crippen LogP contribution in [0, 0.1) is 10.1 Å². The Morgan fingerprint density at radius 3 is 2.55 bits per heavy atom. The third-order valence-corrected chi connectivity index (χ3v) is 6.52. The molecule has 10 heteroatoms. The number of nitrogens with one attached hydrogen (secondary N) is 2. The second-order valence-corrected chi connectivity index (χ2v) is 9.59. The Morgan fingerprint density at radius 2 is 1.97 bits per heavy atom. The number of carbonyl (C=O) groups is 2. The summed E-state index contributed by atoms with van der Waals surface area (Å²) in [6.45, 7) is 8.05. The third-order valence-electron chi connectivity index (χ3n) is 4.72. The van der Waals surface area contributed by atoms with Crippen LogP contribution < -0.4 is 16.4 Å². The Hall–Kier alpha value is -2.49. The van der Waals surface area contributed by atoms with Gasteiger partial charge >= 0.3 is 0 Å². The summed E-state index contributed by atoms with van der Waals surface area (Å²) in [6.07, 6.45) is 0.563. The van der Waals surface area contributed by atoms with E-state index in [1.165, 1.54) is 23.5 Å². The van der Waals surface area contributed by atoms with E-state index in [4.69, 9.17) is 17.3 Å². The summed E-state index contributed by atoms with van der Waals surface area (Å²) in [4.78, 5) is 36.4. The van der Waals surface area contributed by atoms with E-state index in [1.807, 2.05) is 27.7 Å². The molecule has 2 heterocycles. The molecule has 0 radical (unpaired) electrons. The highest BCUT2D eigenvalue weighted by Gasteiger charge is 2.41. The molecule has 0 saturated carbocycles. The van der Waals surface area contributed by atoms with Gasteiger partial charge in [0.25, 0.3) is 17.5 Å². The summed E-state index contributed by atoms with van der Waals surface area (Å²) in [5.41, 5.74) is 5.70. The van der Waals surface area contributed by atoms with Crippen molar-refractivity contribution in [3.05, 3.63) is 54.9 Å². The van der Waals surface area contributed by atoms with Crippen LogP contribution in [0.1, 0.15) is 58.9 Å². The molecule has 8 nitrogen and oxygen atoms in total. The minimum Gasteiger partial charge on any atom is -0.365 e. The van der Waals surface area contributed by atoms with Gasteiger partial charge in [-0.05, 0) is 45.7 Å². The molecule has 0 unspecified atom stereocenters. The van der Waals surface area contributed by atoms with Gasteiger partial charge in [-0.3, -0.25) is 19.7 Å². The SMILES string of the molecule is CC1(C)Cc2c(sc(NC(=O)c3cc([N+](=O)[O-])ccc3Cl)c2C(N)=O)C(C)(C)N1. The smallest absolute Gasteiger partial charge is 0.270 e. The topological polar surface area (TPSA) is 127 Å². The average Bonchev–Trinajstić information content (AvgIpc) is 2.91. The summed E-state index contributed by atoms with van der Waals surface area (Å²) < 4.78 is 0. The molecule has 0 saturated heterocycles. The molecule has 1 aromatic carbocycles. The van der Waals surface area contributed by atoms with Gasteiger partial charge in [-0.25, -0.2) is 0 Å². The van der Waals surface area contributed by atoms with Crippen LogP contribution in [0.25, 0.3) is 0 Å². The largest absolute Gasteiger partial charge is 0.365 e. The van der Waals surface area contributed by atoms with Crippen molar-refractivity contribution in [1.82, 2.24) is 5.32 Å². The number of nitro groups is 1. The number of hydrogen-bond acceptors (Lipinski definition) is 6. The summed E-state index contributed by atoms with van der Waals surface area (Å²) in [7, 11) is 0. The lowest BCUT2D eigenvalue weighted by molar-refractivity contribution is -0.384. The number of amides is 2. The quantitative estimate of drug-likeness (QED) is 0.495. The number of primary amides is 1. The lowest BCUT2D eigenvalue weighted by Crippen LogP contribution is -2.55. The van der Waals surface area contributed by atoms with E-state index in [1.54, 1.807) is 0 Å². The molecule has 0 bridgehead atoms. The molecule has 1 aromatic heterocycles. The molecule has 2 amide bonds. The van der Waals surface area contributed by atoms with E-state index in [9.17, 15) is 19.7 Å². The first-order valence-electron chi connectivity index (χ1n) is 8.83. The molecule has 2 aromatic rings. The number of nitro benzene ring substituents is 1. The predicted octanol–water partition coefficient (Wildman–Crippen LogP) is 3.82. The van der Waals surface area contributed by atoms with Gasteiger partial charge < -0.3 is 16.4 Å². The zero-order valence-electron chi connectivity index (χ0n) is 16.4. The number of benzene rings is 1. The molecule has 1 aliphatic heterocycles. The first-order valence-corrected chi connectivity index (χ1v) is 10.0. The molecule has 0 aliphatic carbocycles. The van der Waals surface area contributed by atoms with Crippen LogP contribution in [0.4, 0.5) is 10.7 Å². The van der Waals surface area contributed by atoms with Crippen LogP contribution in [0.3, 0.4) is 0 Å². The number of carbonyl (C=O) groups excluding carboxylic acids is 2. The van der Waals surface area contributed by atoms with E-state index in [-0.39, 0.29) is 27.4 Å². The Labute approximate surface area is 176 Å². The average molecular weight is 437 g/mol. The molecule has 1 aliphatic rings. The van der Waals surface area contributed by atoms with Gasteiger partial charge in [-0.2, -0.15) is 0 Å². The Balaban J connectivity index is 2.06. The standard InChI is InChI=1S/C19H21ClN4O4S/c1-18(2)8-11-13(15(21)25)17(29-14(11)19(3,4)23-18)22-16(26)10-7-9(24(27)28)5-6-12(10)20/h5-7,23H,8H2,1-4H3,(H2,21,25)(H,22,26). The molecule has 154 valence electrons. The number of nitrogens with zero attached hydrogens (tertiary/aromatic N) is 1. The van der Waals surface area contributed by atoms with E-state index < -0.39 is 22.3 Å². The van der Waals surface area contributed by atoms with Crippen LogP contribution >= 0.6 is 22.9 Å². The molecular weight excluding hydrogens is 416 g/mol. The van der Waals surface area contributed by atoms with Crippen molar-refractivity contribution in [2.24, 2.45) is 5.73 Å². The van der Waals surface area contributed by atoms with Gasteiger partial charge in [-0.1, -0.05) is 11.6 Å². The molecule has 3 rings (SSSR count). The zero-order chi connectivity index (χ0) is 21.7. The molecule has 0 spiro atoms. The normalized spacial score (nSPS) is 16.7. The van der Waals surface area contributed by atoms with E-state index >= 15 is 0 Å². The fraction of sp³-hybridized carbons (Fsp3) is 0.368. The molecule has 29 heavy (non-hydrogen) atoms. The van der Waals surface area contributed by atoms with Crippen LogP contribution in [0.15, 0.2) is 18.2 Å². The lowest BCUT2D eigenvalue weighted by Gasteiger charge is -2.42. The fourth-order valence-electron chi connectivity index (χ4n) is 3.85. The maximum atomic E-state index is 12.8. The number of thiophene rings is 1. The number of rotatable bonds is 4. The minimum atomic E-state index is -0.648. The number of hydrogen-bond donors (Lipinski definition) is 3. The number of fused-ring (bicyclic) bond motifs is 1. The van der Waals surface area contributed by atoms with E-state index in [0.29, 0.717) is 11.4 Å². The highest BCUT2D eigenvalue weighted by Crippen LogP contribution is 2.45. The zero-order valence-corrected chi connectivity index (χ0v) is 18.0. The lowest BCUT2D eigenvalue weighted by atomic mass is 9.81. The fourth-order valence-corrected chi connectivity index (χ4v) is 5.33. The van der Waals surface area contributed by atoms with Crippen molar-refractivity contribution in [2.75, 3.05) is 5.32 Å². The highest BCUT2D eigenvalue weighted by molar-refractivity contribution is 7.17. The van der Waals surface area contributed by atoms with Crippen LogP contribution in [-0.2, 0) is 12.0 Å². The van der Waals surface area contributed by atoms with Crippen molar-refractivity contribution >= 4 is 45.4 Å². The number of nitrogens with two attached hydrogens (primary N) is 1. The molecule has 0 fully saturated rings. The maximum Gasteiger partial charge on any atom is 0.270 e. The van der Waals surface area contributed by atoms with Gasteiger partial charge in [0.1, 0.15) is 5.00 Å². The highest BCUT2D eigenvalue weighted by atomic mass is 35.5. The Morgan fingerprint density at radius 1 is 1.31 bits per heavy atom. The van der Waals surface area contributed by atoms with Crippen molar-refractivity contribution in [2.45, 2.75) is 45.2 Å². The van der Waals surface area contributed by atoms with Crippen LogP contribution in [-0.4, -0.2) is 22.3 Å². The Kier molecular flexibility index (Phi) is 5.18. The summed E-state index contributed by atoms with van der Waals surface area (Å²) >= 11 is 7.33. The third kappa shape index (κ3) is 3.98.